The number of amides is 1. The van der Waals surface area contributed by atoms with Gasteiger partial charge in [0.15, 0.2) is 0 Å². The zero-order valence-electron chi connectivity index (χ0n) is 10.1. The quantitative estimate of drug-likeness (QED) is 0.822. The lowest BCUT2D eigenvalue weighted by Crippen LogP contribution is -2.48. The van der Waals surface area contributed by atoms with E-state index in [0.717, 1.165) is 31.1 Å². The average molecular weight is 254 g/mol. The van der Waals surface area contributed by atoms with Crippen molar-refractivity contribution in [1.29, 1.82) is 0 Å². The number of nitrogens with one attached hydrogen (secondary N) is 1. The maximum Gasteiger partial charge on any atom is 0.234 e. The summed E-state index contributed by atoms with van der Waals surface area (Å²) in [4.78, 5) is 17.3. The average Bonchev–Trinajstić information content (AvgIpc) is 2.83. The fourth-order valence-corrected chi connectivity index (χ4v) is 2.30. The summed E-state index contributed by atoms with van der Waals surface area (Å²) in [6.07, 6.45) is 1.76. The van der Waals surface area contributed by atoms with Gasteiger partial charge in [0.25, 0.3) is 0 Å². The van der Waals surface area contributed by atoms with E-state index in [1.807, 2.05) is 6.07 Å². The number of piperazine rings is 1. The maximum atomic E-state index is 11.7. The first-order valence-corrected chi connectivity index (χ1v) is 6.58. The smallest absolute Gasteiger partial charge is 0.234 e. The first-order chi connectivity index (χ1) is 8.24. The molecule has 2 heterocycles. The molecule has 0 radical (unpaired) electrons. The zero-order valence-corrected chi connectivity index (χ0v) is 10.9. The van der Waals surface area contributed by atoms with E-state index in [1.165, 1.54) is 11.5 Å². The molecule has 1 aliphatic rings. The van der Waals surface area contributed by atoms with Gasteiger partial charge in [-0.3, -0.25) is 9.69 Å². The van der Waals surface area contributed by atoms with Crippen LogP contribution in [0.25, 0.3) is 0 Å². The van der Waals surface area contributed by atoms with Crippen molar-refractivity contribution in [3.05, 3.63) is 17.1 Å². The van der Waals surface area contributed by atoms with Crippen LogP contribution in [-0.4, -0.2) is 59.9 Å². The van der Waals surface area contributed by atoms with Gasteiger partial charge in [-0.1, -0.05) is 0 Å². The molecule has 0 saturated carbocycles. The van der Waals surface area contributed by atoms with Crippen LogP contribution in [0.15, 0.2) is 12.3 Å². The molecule has 0 bridgehead atoms. The fraction of sp³-hybridized carbons (Fsp3) is 0.636. The number of nitrogens with zero attached hydrogens (tertiary/aromatic N) is 3. The van der Waals surface area contributed by atoms with Gasteiger partial charge in [0, 0.05) is 37.3 Å². The number of hydrogen-bond donors (Lipinski definition) is 1. The molecule has 1 aliphatic heterocycles. The van der Waals surface area contributed by atoms with E-state index in [1.54, 1.807) is 6.20 Å². The van der Waals surface area contributed by atoms with E-state index < -0.39 is 0 Å². The maximum absolute atomic E-state index is 11.7. The lowest BCUT2D eigenvalue weighted by molar-refractivity contribution is -0.122. The normalized spacial score (nSPS) is 18.2. The molecule has 0 atom stereocenters. The Hall–Kier alpha value is -0.980. The van der Waals surface area contributed by atoms with Crippen molar-refractivity contribution >= 4 is 17.4 Å². The number of likely N-dealkylation sites (N-methyl/N-ethyl adjacent to an activating group) is 1. The Bertz CT molecular complexity index is 346. The van der Waals surface area contributed by atoms with Gasteiger partial charge in [0.05, 0.1) is 13.1 Å². The van der Waals surface area contributed by atoms with Gasteiger partial charge in [0.2, 0.25) is 5.91 Å². The molecule has 0 aliphatic carbocycles. The van der Waals surface area contributed by atoms with Crippen molar-refractivity contribution in [2.75, 3.05) is 39.8 Å². The second-order valence-electron chi connectivity index (χ2n) is 4.33. The lowest BCUT2D eigenvalue weighted by atomic mass is 10.3. The summed E-state index contributed by atoms with van der Waals surface area (Å²) in [7, 11) is 2.11. The second-order valence-corrected chi connectivity index (χ2v) is 5.25. The molecule has 0 unspecified atom stereocenters. The molecule has 6 heteroatoms. The van der Waals surface area contributed by atoms with E-state index in [2.05, 4.69) is 26.5 Å². The largest absolute Gasteiger partial charge is 0.350 e. The van der Waals surface area contributed by atoms with Gasteiger partial charge in [-0.05, 0) is 24.6 Å². The zero-order chi connectivity index (χ0) is 12.1. The number of carbonyl (C=O) groups excluding carboxylic acids is 1. The molecule has 1 saturated heterocycles. The third-order valence-corrected chi connectivity index (χ3v) is 3.66. The molecule has 1 fully saturated rings. The molecule has 94 valence electrons. The van der Waals surface area contributed by atoms with Crippen molar-refractivity contribution in [2.24, 2.45) is 0 Å². The summed E-state index contributed by atoms with van der Waals surface area (Å²) < 4.78 is 4.00. The van der Waals surface area contributed by atoms with Crippen molar-refractivity contribution in [1.82, 2.24) is 19.5 Å². The predicted octanol–water partition coefficient (Wildman–Crippen LogP) is 0.00670. The van der Waals surface area contributed by atoms with Gasteiger partial charge in [0.1, 0.15) is 0 Å². The highest BCUT2D eigenvalue weighted by Gasteiger charge is 2.16. The van der Waals surface area contributed by atoms with E-state index in [4.69, 9.17) is 0 Å². The van der Waals surface area contributed by atoms with Crippen LogP contribution in [-0.2, 0) is 11.3 Å². The van der Waals surface area contributed by atoms with Crippen LogP contribution in [0.5, 0.6) is 0 Å². The highest BCUT2D eigenvalue weighted by atomic mass is 32.1. The summed E-state index contributed by atoms with van der Waals surface area (Å²) in [6.45, 7) is 5.14. The van der Waals surface area contributed by atoms with Crippen molar-refractivity contribution in [2.45, 2.75) is 6.54 Å². The third kappa shape index (κ3) is 4.07. The SMILES string of the molecule is CN1CCN(CC(=O)NCc2ccns2)CC1. The van der Waals surface area contributed by atoms with Crippen LogP contribution in [0.4, 0.5) is 0 Å². The Balaban J connectivity index is 1.67. The van der Waals surface area contributed by atoms with Crippen molar-refractivity contribution < 1.29 is 4.79 Å². The van der Waals surface area contributed by atoms with Crippen molar-refractivity contribution in [3.63, 3.8) is 0 Å². The van der Waals surface area contributed by atoms with Crippen LogP contribution in [0.2, 0.25) is 0 Å². The number of hydrogen-bond acceptors (Lipinski definition) is 5. The minimum absolute atomic E-state index is 0.1000. The molecule has 5 nitrogen and oxygen atoms in total. The molecule has 0 aromatic carbocycles. The summed E-state index contributed by atoms with van der Waals surface area (Å²) in [5, 5.41) is 2.92. The van der Waals surface area contributed by atoms with Gasteiger partial charge in [-0.15, -0.1) is 0 Å². The van der Waals surface area contributed by atoms with Gasteiger partial charge >= 0.3 is 0 Å². The standard InChI is InChI=1S/C11H18N4OS/c1-14-4-6-15(7-5-14)9-11(16)12-8-10-2-3-13-17-10/h2-3H,4-9H2,1H3,(H,12,16). The Morgan fingerprint density at radius 2 is 2.24 bits per heavy atom. The molecule has 1 aromatic heterocycles. The molecule has 1 N–H and O–H groups in total. The lowest BCUT2D eigenvalue weighted by Gasteiger charge is -2.31. The Morgan fingerprint density at radius 3 is 2.88 bits per heavy atom. The molecule has 0 spiro atoms. The number of carbonyl (C=O) groups is 1. The van der Waals surface area contributed by atoms with E-state index in [-0.39, 0.29) is 5.91 Å². The summed E-state index contributed by atoms with van der Waals surface area (Å²) in [5.74, 6) is 0.1000. The Morgan fingerprint density at radius 1 is 1.47 bits per heavy atom. The van der Waals surface area contributed by atoms with Crippen LogP contribution in [0.3, 0.4) is 0 Å². The van der Waals surface area contributed by atoms with E-state index in [0.29, 0.717) is 13.1 Å². The predicted molar refractivity (Wildman–Crippen MR) is 67.9 cm³/mol. The fourth-order valence-electron chi connectivity index (χ4n) is 1.78. The molecule has 1 aromatic rings. The van der Waals surface area contributed by atoms with Gasteiger partial charge < -0.3 is 10.2 Å². The number of aromatic nitrogens is 1. The minimum atomic E-state index is 0.1000. The highest BCUT2D eigenvalue weighted by Crippen LogP contribution is 2.03. The van der Waals surface area contributed by atoms with Crippen LogP contribution in [0, 0.1) is 0 Å². The summed E-state index contributed by atoms with van der Waals surface area (Å²) in [6, 6.07) is 1.93. The Labute approximate surface area is 106 Å². The highest BCUT2D eigenvalue weighted by molar-refractivity contribution is 7.05. The van der Waals surface area contributed by atoms with Crippen LogP contribution >= 0.6 is 11.5 Å². The molecule has 2 rings (SSSR count). The molecule has 17 heavy (non-hydrogen) atoms. The monoisotopic (exact) mass is 254 g/mol. The first kappa shape index (κ1) is 12.5. The van der Waals surface area contributed by atoms with Gasteiger partial charge in [-0.25, -0.2) is 4.37 Å². The first-order valence-electron chi connectivity index (χ1n) is 5.81. The molecular formula is C11H18N4OS. The number of rotatable bonds is 4. The summed E-state index contributed by atoms with van der Waals surface area (Å²) in [5.41, 5.74) is 0. The van der Waals surface area contributed by atoms with E-state index >= 15 is 0 Å². The van der Waals surface area contributed by atoms with Crippen LogP contribution in [0.1, 0.15) is 4.88 Å². The topological polar surface area (TPSA) is 48.5 Å². The van der Waals surface area contributed by atoms with Gasteiger partial charge in [-0.2, -0.15) is 0 Å². The molecule has 1 amide bonds. The molecular weight excluding hydrogens is 236 g/mol. The van der Waals surface area contributed by atoms with Crippen LogP contribution < -0.4 is 5.32 Å². The second kappa shape index (κ2) is 6.09. The summed E-state index contributed by atoms with van der Waals surface area (Å²) >= 11 is 1.43. The van der Waals surface area contributed by atoms with E-state index in [9.17, 15) is 4.79 Å². The minimum Gasteiger partial charge on any atom is -0.350 e. The van der Waals surface area contributed by atoms with Crippen molar-refractivity contribution in [3.8, 4) is 0 Å². The third-order valence-electron chi connectivity index (χ3n) is 2.91. The Kier molecular flexibility index (Phi) is 4.47.